The first-order chi connectivity index (χ1) is 17.8. The number of anilines is 3. The number of hydrogen-bond donors (Lipinski definition) is 0. The van der Waals surface area contributed by atoms with Crippen LogP contribution in [-0.4, -0.2) is 76.6 Å². The van der Waals surface area contributed by atoms with E-state index in [1.165, 1.54) is 53.0 Å². The van der Waals surface area contributed by atoms with Crippen LogP contribution in [0, 0.1) is 0 Å². The molecule has 3 aromatic carbocycles. The Bertz CT molecular complexity index is 885. The highest BCUT2D eigenvalue weighted by Gasteiger charge is 2.13. The summed E-state index contributed by atoms with van der Waals surface area (Å²) in [6.45, 7) is 3.36. The minimum absolute atomic E-state index is 1.11. The highest BCUT2D eigenvalue weighted by Crippen LogP contribution is 2.35. The van der Waals surface area contributed by atoms with Gasteiger partial charge >= 0.3 is 0 Å². The van der Waals surface area contributed by atoms with Gasteiger partial charge in [0.15, 0.2) is 0 Å². The van der Waals surface area contributed by atoms with E-state index in [1.807, 2.05) is 0 Å². The highest BCUT2D eigenvalue weighted by atomic mass is 15.1. The minimum Gasteiger partial charge on any atom is -0.311 e. The summed E-state index contributed by atoms with van der Waals surface area (Å²) in [5, 5.41) is 0. The molecule has 0 unspecified atom stereocenters. The van der Waals surface area contributed by atoms with Gasteiger partial charge in [-0.3, -0.25) is 0 Å². The van der Waals surface area contributed by atoms with E-state index in [0.29, 0.717) is 0 Å². The van der Waals surface area contributed by atoms with Crippen LogP contribution in [0.2, 0.25) is 0 Å². The molecule has 0 aromatic heterocycles. The van der Waals surface area contributed by atoms with Crippen molar-refractivity contribution in [1.29, 1.82) is 0 Å². The third-order valence-electron chi connectivity index (χ3n) is 6.80. The van der Waals surface area contributed by atoms with E-state index in [-0.39, 0.29) is 0 Å². The maximum atomic E-state index is 2.39. The summed E-state index contributed by atoms with van der Waals surface area (Å²) in [4.78, 5) is 9.15. The lowest BCUT2D eigenvalue weighted by atomic mass is 10.1. The third-order valence-corrected chi connectivity index (χ3v) is 6.80. The Kier molecular flexibility index (Phi) is 11.7. The summed E-state index contributed by atoms with van der Waals surface area (Å²) >= 11 is 0. The van der Waals surface area contributed by atoms with Crippen molar-refractivity contribution in [1.82, 2.24) is 14.7 Å². The van der Waals surface area contributed by atoms with E-state index in [9.17, 15) is 0 Å². The predicted octanol–water partition coefficient (Wildman–Crippen LogP) is 6.64. The molecule has 0 fully saturated rings. The zero-order chi connectivity index (χ0) is 26.6. The fourth-order valence-corrected chi connectivity index (χ4v) is 4.68. The van der Waals surface area contributed by atoms with Crippen LogP contribution < -0.4 is 4.90 Å². The molecule has 37 heavy (non-hydrogen) atoms. The summed E-state index contributed by atoms with van der Waals surface area (Å²) in [6, 6.07) is 27.4. The molecule has 4 nitrogen and oxygen atoms in total. The lowest BCUT2D eigenvalue weighted by molar-refractivity contribution is 0.400. The minimum atomic E-state index is 1.11. The maximum absolute atomic E-state index is 2.39. The van der Waals surface area contributed by atoms with Gasteiger partial charge in [0.2, 0.25) is 0 Å². The number of benzene rings is 3. The molecule has 0 N–H and O–H groups in total. The Hall–Kier alpha value is -2.66. The molecular formula is C33H48N4. The molecule has 4 heteroatoms. The number of aryl methyl sites for hydroxylation is 3. The monoisotopic (exact) mass is 500 g/mol. The molecule has 0 spiro atoms. The van der Waals surface area contributed by atoms with Crippen molar-refractivity contribution in [3.05, 3.63) is 89.5 Å². The van der Waals surface area contributed by atoms with Crippen molar-refractivity contribution in [3.8, 4) is 0 Å². The van der Waals surface area contributed by atoms with Crippen LogP contribution in [0.3, 0.4) is 0 Å². The van der Waals surface area contributed by atoms with E-state index in [0.717, 1.165) is 38.9 Å². The topological polar surface area (TPSA) is 13.0 Å². The standard InChI is InChI=1S/C33H48N4/c1-34(2)25-7-10-28-13-19-31(20-14-28)37(32-21-15-29(16-22-32)11-8-26-35(3)4)33-23-17-30(18-24-33)12-9-27-36(5)6/h13-24H,7-12,25-27H2,1-6H3. The number of rotatable bonds is 15. The molecule has 3 rings (SSSR count). The molecule has 0 atom stereocenters. The van der Waals surface area contributed by atoms with Crippen LogP contribution in [0.1, 0.15) is 36.0 Å². The van der Waals surface area contributed by atoms with Gasteiger partial charge < -0.3 is 19.6 Å². The van der Waals surface area contributed by atoms with Crippen LogP contribution in [-0.2, 0) is 19.3 Å². The zero-order valence-electron chi connectivity index (χ0n) is 24.1. The first-order valence-electron chi connectivity index (χ1n) is 13.8. The van der Waals surface area contributed by atoms with E-state index in [4.69, 9.17) is 0 Å². The summed E-state index contributed by atoms with van der Waals surface area (Å²) < 4.78 is 0. The van der Waals surface area contributed by atoms with Crippen LogP contribution in [0.25, 0.3) is 0 Å². The molecule has 0 heterocycles. The predicted molar refractivity (Wildman–Crippen MR) is 162 cm³/mol. The van der Waals surface area contributed by atoms with Gasteiger partial charge in [0, 0.05) is 17.1 Å². The second-order valence-electron chi connectivity index (χ2n) is 11.1. The second kappa shape index (κ2) is 14.9. The lowest BCUT2D eigenvalue weighted by Gasteiger charge is -2.26. The van der Waals surface area contributed by atoms with Gasteiger partial charge in [-0.25, -0.2) is 0 Å². The van der Waals surface area contributed by atoms with Crippen LogP contribution in [0.5, 0.6) is 0 Å². The van der Waals surface area contributed by atoms with Crippen molar-refractivity contribution in [3.63, 3.8) is 0 Å². The zero-order valence-corrected chi connectivity index (χ0v) is 24.1. The quantitative estimate of drug-likeness (QED) is 0.232. The van der Waals surface area contributed by atoms with Crippen LogP contribution in [0.15, 0.2) is 72.8 Å². The Labute approximate surface area is 226 Å². The average molecular weight is 501 g/mol. The van der Waals surface area contributed by atoms with Gasteiger partial charge in [0.1, 0.15) is 0 Å². The van der Waals surface area contributed by atoms with E-state index in [1.54, 1.807) is 0 Å². The SMILES string of the molecule is CN(C)CCCc1ccc(N(c2ccc(CCCN(C)C)cc2)c2ccc(CCCN(C)C)cc2)cc1. The van der Waals surface area contributed by atoms with Gasteiger partial charge in [-0.15, -0.1) is 0 Å². The summed E-state index contributed by atoms with van der Waals surface area (Å²) in [6.07, 6.45) is 6.88. The molecule has 3 aromatic rings. The largest absolute Gasteiger partial charge is 0.311 e. The lowest BCUT2D eigenvalue weighted by Crippen LogP contribution is -2.14. The van der Waals surface area contributed by atoms with Crippen molar-refractivity contribution >= 4 is 17.1 Å². The van der Waals surface area contributed by atoms with Gasteiger partial charge in [-0.05, 0) is 154 Å². The number of nitrogens with zero attached hydrogens (tertiary/aromatic N) is 4. The Morgan fingerprint density at radius 1 is 0.378 bits per heavy atom. The van der Waals surface area contributed by atoms with Crippen LogP contribution >= 0.6 is 0 Å². The molecule has 0 aliphatic rings. The fraction of sp³-hybridized carbons (Fsp3) is 0.455. The maximum Gasteiger partial charge on any atom is 0.0461 e. The second-order valence-corrected chi connectivity index (χ2v) is 11.1. The van der Waals surface area contributed by atoms with Crippen molar-refractivity contribution in [2.45, 2.75) is 38.5 Å². The first-order valence-corrected chi connectivity index (χ1v) is 13.8. The Morgan fingerprint density at radius 2 is 0.622 bits per heavy atom. The molecule has 0 aliphatic carbocycles. The van der Waals surface area contributed by atoms with Crippen molar-refractivity contribution < 1.29 is 0 Å². The van der Waals surface area contributed by atoms with Gasteiger partial charge in [0.05, 0.1) is 0 Å². The van der Waals surface area contributed by atoms with E-state index < -0.39 is 0 Å². The highest BCUT2D eigenvalue weighted by molar-refractivity contribution is 5.76. The van der Waals surface area contributed by atoms with E-state index >= 15 is 0 Å². The molecule has 0 amide bonds. The summed E-state index contributed by atoms with van der Waals surface area (Å²) in [5.41, 5.74) is 7.82. The van der Waals surface area contributed by atoms with Gasteiger partial charge in [-0.2, -0.15) is 0 Å². The van der Waals surface area contributed by atoms with Gasteiger partial charge in [-0.1, -0.05) is 36.4 Å². The van der Waals surface area contributed by atoms with Gasteiger partial charge in [0.25, 0.3) is 0 Å². The third kappa shape index (κ3) is 9.96. The summed E-state index contributed by atoms with van der Waals surface area (Å²) in [5.74, 6) is 0. The van der Waals surface area contributed by atoms with Crippen molar-refractivity contribution in [2.24, 2.45) is 0 Å². The molecule has 0 bridgehead atoms. The molecule has 0 radical (unpaired) electrons. The molecule has 200 valence electrons. The van der Waals surface area contributed by atoms with E-state index in [2.05, 4.69) is 135 Å². The molecule has 0 saturated heterocycles. The Balaban J connectivity index is 1.80. The molecular weight excluding hydrogens is 452 g/mol. The Morgan fingerprint density at radius 3 is 0.838 bits per heavy atom. The summed E-state index contributed by atoms with van der Waals surface area (Å²) in [7, 11) is 12.8. The number of hydrogen-bond acceptors (Lipinski definition) is 4. The van der Waals surface area contributed by atoms with Crippen molar-refractivity contribution in [2.75, 3.05) is 66.8 Å². The average Bonchev–Trinajstić information content (AvgIpc) is 2.86. The molecule has 0 aliphatic heterocycles. The van der Waals surface area contributed by atoms with Crippen LogP contribution in [0.4, 0.5) is 17.1 Å². The molecule has 0 saturated carbocycles. The normalized spacial score (nSPS) is 11.6. The first kappa shape index (κ1) is 28.9. The fourth-order valence-electron chi connectivity index (χ4n) is 4.68. The smallest absolute Gasteiger partial charge is 0.0461 e.